The molecule has 1 rings (SSSR count). The Hall–Kier alpha value is -1.49. The first-order valence-corrected chi connectivity index (χ1v) is 3.98. The van der Waals surface area contributed by atoms with E-state index < -0.39 is 0 Å². The lowest BCUT2D eigenvalue weighted by Crippen LogP contribution is -2.30. The minimum Gasteiger partial charge on any atom is -0.469 e. The molecule has 1 aromatic heterocycles. The molecule has 0 aliphatic carbocycles. The Kier molecular flexibility index (Phi) is 3.33. The summed E-state index contributed by atoms with van der Waals surface area (Å²) in [5.74, 6) is 0.862. The number of nitrogens with zero attached hydrogens (tertiary/aromatic N) is 1. The van der Waals surface area contributed by atoms with Crippen molar-refractivity contribution in [2.75, 3.05) is 0 Å². The van der Waals surface area contributed by atoms with Gasteiger partial charge in [-0.05, 0) is 19.1 Å². The smallest absolute Gasteiger partial charge is 0.213 e. The Morgan fingerprint density at radius 3 is 3.15 bits per heavy atom. The zero-order valence-electron chi connectivity index (χ0n) is 7.40. The predicted molar refractivity (Wildman–Crippen MR) is 48.4 cm³/mol. The lowest BCUT2D eigenvalue weighted by molar-refractivity contribution is 0.232. The first-order valence-electron chi connectivity index (χ1n) is 3.98. The molecule has 0 fully saturated rings. The quantitative estimate of drug-likeness (QED) is 0.362. The molecule has 0 aromatic carbocycles. The van der Waals surface area contributed by atoms with Gasteiger partial charge in [0.1, 0.15) is 5.76 Å². The second-order valence-electron chi connectivity index (χ2n) is 2.76. The maximum absolute atomic E-state index is 8.38. The number of nitrogens with two attached hydrogens (primary N) is 1. The van der Waals surface area contributed by atoms with E-state index in [9.17, 15) is 0 Å². The van der Waals surface area contributed by atoms with Crippen LogP contribution in [0.25, 0.3) is 0 Å². The number of aliphatic imine (C=N–C) groups is 1. The highest BCUT2D eigenvalue weighted by Gasteiger charge is 2.04. The third-order valence-electron chi connectivity index (χ3n) is 1.55. The van der Waals surface area contributed by atoms with Crippen molar-refractivity contribution in [3.05, 3.63) is 24.2 Å². The Morgan fingerprint density at radius 1 is 1.85 bits per heavy atom. The molecule has 0 bridgehead atoms. The molecule has 0 amide bonds. The maximum Gasteiger partial charge on any atom is 0.213 e. The topological polar surface area (TPSA) is 83.8 Å². The van der Waals surface area contributed by atoms with Crippen LogP contribution in [0.15, 0.2) is 27.8 Å². The average molecular weight is 183 g/mol. The number of furan rings is 1. The first kappa shape index (κ1) is 9.60. The summed E-state index contributed by atoms with van der Waals surface area (Å²) in [4.78, 5) is 3.94. The molecule has 1 heterocycles. The number of guanidine groups is 1. The summed E-state index contributed by atoms with van der Waals surface area (Å²) in [7, 11) is 0. The average Bonchev–Trinajstić information content (AvgIpc) is 2.56. The van der Waals surface area contributed by atoms with Crippen molar-refractivity contribution in [2.24, 2.45) is 10.7 Å². The van der Waals surface area contributed by atoms with Gasteiger partial charge >= 0.3 is 0 Å². The SMILES string of the molecule is CC(Cc1ccco1)N=C(N)NO. The van der Waals surface area contributed by atoms with Crippen LogP contribution in [0.2, 0.25) is 0 Å². The summed E-state index contributed by atoms with van der Waals surface area (Å²) in [5.41, 5.74) is 7.03. The summed E-state index contributed by atoms with van der Waals surface area (Å²) in [6, 6.07) is 3.67. The van der Waals surface area contributed by atoms with Crippen LogP contribution in [0.5, 0.6) is 0 Å². The zero-order valence-corrected chi connectivity index (χ0v) is 7.40. The molecule has 0 spiro atoms. The maximum atomic E-state index is 8.38. The highest BCUT2D eigenvalue weighted by atomic mass is 16.5. The minimum absolute atomic E-state index is 0.0130. The van der Waals surface area contributed by atoms with Gasteiger partial charge in [-0.1, -0.05) is 0 Å². The van der Waals surface area contributed by atoms with Gasteiger partial charge in [0, 0.05) is 6.42 Å². The van der Waals surface area contributed by atoms with Crippen LogP contribution in [0, 0.1) is 0 Å². The molecule has 4 N–H and O–H groups in total. The molecule has 5 nitrogen and oxygen atoms in total. The molecule has 0 aliphatic rings. The van der Waals surface area contributed by atoms with E-state index in [1.165, 1.54) is 0 Å². The van der Waals surface area contributed by atoms with Gasteiger partial charge in [0.25, 0.3) is 0 Å². The molecule has 5 heteroatoms. The lowest BCUT2D eigenvalue weighted by Gasteiger charge is -2.04. The molecule has 13 heavy (non-hydrogen) atoms. The third-order valence-corrected chi connectivity index (χ3v) is 1.55. The summed E-state index contributed by atoms with van der Waals surface area (Å²) in [6.45, 7) is 1.88. The van der Waals surface area contributed by atoms with Gasteiger partial charge in [-0.25, -0.2) is 10.5 Å². The molecule has 0 radical (unpaired) electrons. The van der Waals surface area contributed by atoms with Gasteiger partial charge in [0.05, 0.1) is 12.3 Å². The largest absolute Gasteiger partial charge is 0.469 e. The second-order valence-corrected chi connectivity index (χ2v) is 2.76. The van der Waals surface area contributed by atoms with Crippen LogP contribution in [0.4, 0.5) is 0 Å². The molecule has 0 saturated carbocycles. The molecular weight excluding hydrogens is 170 g/mol. The number of nitrogens with one attached hydrogen (secondary N) is 1. The van der Waals surface area contributed by atoms with E-state index in [0.717, 1.165) is 5.76 Å². The van der Waals surface area contributed by atoms with Gasteiger partial charge in [0.2, 0.25) is 5.96 Å². The normalized spacial score (nSPS) is 14.2. The van der Waals surface area contributed by atoms with Crippen LogP contribution >= 0.6 is 0 Å². The van der Waals surface area contributed by atoms with E-state index in [1.54, 1.807) is 11.7 Å². The van der Waals surface area contributed by atoms with Gasteiger partial charge in [0.15, 0.2) is 0 Å². The lowest BCUT2D eigenvalue weighted by atomic mass is 10.2. The van der Waals surface area contributed by atoms with Crippen molar-refractivity contribution in [3.8, 4) is 0 Å². The third kappa shape index (κ3) is 3.16. The van der Waals surface area contributed by atoms with E-state index in [1.807, 2.05) is 19.1 Å². The molecule has 0 aliphatic heterocycles. The predicted octanol–water partition coefficient (Wildman–Crippen LogP) is 0.504. The van der Waals surface area contributed by atoms with Gasteiger partial charge in [-0.2, -0.15) is 0 Å². The van der Waals surface area contributed by atoms with Gasteiger partial charge in [-0.3, -0.25) is 5.21 Å². The van der Waals surface area contributed by atoms with E-state index in [-0.39, 0.29) is 12.0 Å². The van der Waals surface area contributed by atoms with E-state index >= 15 is 0 Å². The molecule has 1 atom stereocenters. The van der Waals surface area contributed by atoms with Crippen molar-refractivity contribution in [3.63, 3.8) is 0 Å². The minimum atomic E-state index is -0.0224. The fraction of sp³-hybridized carbons (Fsp3) is 0.375. The van der Waals surface area contributed by atoms with Crippen molar-refractivity contribution in [2.45, 2.75) is 19.4 Å². The standard InChI is InChI=1S/C8H13N3O2/c1-6(10-8(9)11-12)5-7-3-2-4-13-7/h2-4,6,12H,5H2,1H3,(H3,9,10,11). The van der Waals surface area contributed by atoms with Crippen molar-refractivity contribution in [1.29, 1.82) is 0 Å². The number of hydrogen-bond acceptors (Lipinski definition) is 3. The Labute approximate surface area is 76.2 Å². The fourth-order valence-electron chi connectivity index (χ4n) is 1.03. The Morgan fingerprint density at radius 2 is 2.62 bits per heavy atom. The Bertz CT molecular complexity index is 269. The first-order chi connectivity index (χ1) is 6.22. The number of hydroxylamine groups is 1. The zero-order chi connectivity index (χ0) is 9.68. The Balaban J connectivity index is 2.46. The summed E-state index contributed by atoms with van der Waals surface area (Å²) >= 11 is 0. The van der Waals surface area contributed by atoms with Crippen LogP contribution in [-0.2, 0) is 6.42 Å². The second kappa shape index (κ2) is 4.51. The van der Waals surface area contributed by atoms with Crippen LogP contribution < -0.4 is 11.2 Å². The van der Waals surface area contributed by atoms with Crippen LogP contribution in [-0.4, -0.2) is 17.2 Å². The van der Waals surface area contributed by atoms with Crippen molar-refractivity contribution >= 4 is 5.96 Å². The highest BCUT2D eigenvalue weighted by Crippen LogP contribution is 2.05. The fourth-order valence-corrected chi connectivity index (χ4v) is 1.03. The van der Waals surface area contributed by atoms with Crippen molar-refractivity contribution in [1.82, 2.24) is 5.48 Å². The molecule has 1 aromatic rings. The highest BCUT2D eigenvalue weighted by molar-refractivity contribution is 5.76. The van der Waals surface area contributed by atoms with Gasteiger partial charge in [-0.15, -0.1) is 0 Å². The summed E-state index contributed by atoms with van der Waals surface area (Å²) in [6.07, 6.45) is 2.27. The van der Waals surface area contributed by atoms with E-state index in [0.29, 0.717) is 6.42 Å². The van der Waals surface area contributed by atoms with Crippen LogP contribution in [0.1, 0.15) is 12.7 Å². The number of rotatable bonds is 3. The van der Waals surface area contributed by atoms with Crippen LogP contribution in [0.3, 0.4) is 0 Å². The summed E-state index contributed by atoms with van der Waals surface area (Å²) < 4.78 is 5.13. The molecule has 1 unspecified atom stereocenters. The summed E-state index contributed by atoms with van der Waals surface area (Å²) in [5, 5.41) is 8.38. The van der Waals surface area contributed by atoms with Crippen molar-refractivity contribution < 1.29 is 9.62 Å². The molecular formula is C8H13N3O2. The molecule has 0 saturated heterocycles. The van der Waals surface area contributed by atoms with E-state index in [2.05, 4.69) is 4.99 Å². The van der Waals surface area contributed by atoms with Gasteiger partial charge < -0.3 is 10.2 Å². The monoisotopic (exact) mass is 183 g/mol. The number of hydrogen-bond donors (Lipinski definition) is 3. The molecule has 72 valence electrons. The van der Waals surface area contributed by atoms with E-state index in [4.69, 9.17) is 15.4 Å².